The smallest absolute Gasteiger partial charge is 0.118 e. The second-order valence-corrected chi connectivity index (χ2v) is 6.61. The molecule has 2 aromatic heterocycles. The minimum Gasteiger partial charge on any atom is -0.465 e. The number of furan rings is 2. The largest absolute Gasteiger partial charge is 0.465 e. The van der Waals surface area contributed by atoms with Crippen LogP contribution in [0.5, 0.6) is 0 Å². The topological polar surface area (TPSA) is 53.0 Å². The predicted molar refractivity (Wildman–Crippen MR) is 92.7 cm³/mol. The Hall–Kier alpha value is -1.56. The van der Waals surface area contributed by atoms with Crippen molar-refractivity contribution in [2.75, 3.05) is 26.2 Å². The standard InChI is InChI=1S/C19H28N2O3/c1-3-17-6-7-18(24-17)13-20-9-10-21(16(12-20)8-11-22)14-19-5-4-15(2)23-19/h4-7,16,22H,3,8-14H2,1-2H3/t16-/m0/s1. The molecule has 0 spiro atoms. The highest BCUT2D eigenvalue weighted by molar-refractivity contribution is 5.08. The molecule has 5 heteroatoms. The van der Waals surface area contributed by atoms with Crippen molar-refractivity contribution >= 4 is 0 Å². The van der Waals surface area contributed by atoms with Gasteiger partial charge in [-0.25, -0.2) is 0 Å². The van der Waals surface area contributed by atoms with Crippen molar-refractivity contribution in [3.8, 4) is 0 Å². The summed E-state index contributed by atoms with van der Waals surface area (Å²) < 4.78 is 11.6. The van der Waals surface area contributed by atoms with Crippen LogP contribution in [0.2, 0.25) is 0 Å². The van der Waals surface area contributed by atoms with E-state index < -0.39 is 0 Å². The molecule has 0 unspecified atom stereocenters. The summed E-state index contributed by atoms with van der Waals surface area (Å²) in [7, 11) is 0. The van der Waals surface area contributed by atoms with Gasteiger partial charge < -0.3 is 13.9 Å². The Balaban J connectivity index is 1.59. The molecule has 24 heavy (non-hydrogen) atoms. The monoisotopic (exact) mass is 332 g/mol. The van der Waals surface area contributed by atoms with Gasteiger partial charge in [0.1, 0.15) is 23.0 Å². The van der Waals surface area contributed by atoms with Gasteiger partial charge in [-0.3, -0.25) is 9.80 Å². The van der Waals surface area contributed by atoms with Gasteiger partial charge in [-0.1, -0.05) is 6.92 Å². The highest BCUT2D eigenvalue weighted by Gasteiger charge is 2.27. The van der Waals surface area contributed by atoms with E-state index in [1.165, 1.54) is 0 Å². The number of piperazine rings is 1. The third-order valence-corrected chi connectivity index (χ3v) is 4.75. The SMILES string of the molecule is CCc1ccc(CN2CCN(Cc3ccc(C)o3)[C@@H](CCO)C2)o1. The summed E-state index contributed by atoms with van der Waals surface area (Å²) >= 11 is 0. The number of aliphatic hydroxyl groups excluding tert-OH is 1. The van der Waals surface area contributed by atoms with E-state index in [2.05, 4.69) is 28.9 Å². The third-order valence-electron chi connectivity index (χ3n) is 4.75. The average molecular weight is 332 g/mol. The number of aliphatic hydroxyl groups is 1. The van der Waals surface area contributed by atoms with E-state index in [9.17, 15) is 5.11 Å². The molecule has 0 bridgehead atoms. The van der Waals surface area contributed by atoms with Gasteiger partial charge in [0.05, 0.1) is 13.1 Å². The van der Waals surface area contributed by atoms with Gasteiger partial charge in [0.15, 0.2) is 0 Å². The first kappa shape index (κ1) is 17.3. The van der Waals surface area contributed by atoms with Crippen LogP contribution in [0.4, 0.5) is 0 Å². The number of aryl methyl sites for hydroxylation is 2. The molecule has 0 aromatic carbocycles. The van der Waals surface area contributed by atoms with Crippen LogP contribution in [-0.2, 0) is 19.5 Å². The van der Waals surface area contributed by atoms with Crippen molar-refractivity contribution in [2.45, 2.75) is 45.8 Å². The summed E-state index contributed by atoms with van der Waals surface area (Å²) in [6, 6.07) is 8.55. The van der Waals surface area contributed by atoms with Crippen LogP contribution in [0.25, 0.3) is 0 Å². The summed E-state index contributed by atoms with van der Waals surface area (Å²) in [5, 5.41) is 9.43. The molecule has 1 atom stereocenters. The lowest BCUT2D eigenvalue weighted by Gasteiger charge is -2.40. The quantitative estimate of drug-likeness (QED) is 0.845. The lowest BCUT2D eigenvalue weighted by molar-refractivity contribution is 0.0423. The number of rotatable bonds is 7. The van der Waals surface area contributed by atoms with E-state index in [0.29, 0.717) is 6.04 Å². The van der Waals surface area contributed by atoms with Crippen LogP contribution in [0.1, 0.15) is 36.4 Å². The van der Waals surface area contributed by atoms with E-state index in [1.54, 1.807) is 0 Å². The van der Waals surface area contributed by atoms with Crippen LogP contribution in [0.3, 0.4) is 0 Å². The molecule has 2 aromatic rings. The summed E-state index contributed by atoms with van der Waals surface area (Å²) in [6.07, 6.45) is 1.72. The van der Waals surface area contributed by atoms with E-state index >= 15 is 0 Å². The summed E-state index contributed by atoms with van der Waals surface area (Å²) in [4.78, 5) is 4.84. The molecular formula is C19H28N2O3. The van der Waals surface area contributed by atoms with Gasteiger partial charge in [-0.15, -0.1) is 0 Å². The first-order valence-electron chi connectivity index (χ1n) is 8.88. The zero-order valence-electron chi connectivity index (χ0n) is 14.7. The fourth-order valence-corrected chi connectivity index (χ4v) is 3.42. The van der Waals surface area contributed by atoms with Crippen molar-refractivity contribution in [2.24, 2.45) is 0 Å². The van der Waals surface area contributed by atoms with Gasteiger partial charge in [0.25, 0.3) is 0 Å². The van der Waals surface area contributed by atoms with Crippen LogP contribution in [0.15, 0.2) is 33.1 Å². The molecule has 132 valence electrons. The van der Waals surface area contributed by atoms with Gasteiger partial charge in [0, 0.05) is 38.7 Å². The highest BCUT2D eigenvalue weighted by Crippen LogP contribution is 2.20. The molecule has 1 N–H and O–H groups in total. The lowest BCUT2D eigenvalue weighted by Crippen LogP contribution is -2.52. The molecule has 1 aliphatic heterocycles. The van der Waals surface area contributed by atoms with Gasteiger partial charge >= 0.3 is 0 Å². The van der Waals surface area contributed by atoms with E-state index in [0.717, 1.165) is 68.6 Å². The molecule has 0 saturated carbocycles. The van der Waals surface area contributed by atoms with Crippen molar-refractivity contribution in [3.05, 3.63) is 47.3 Å². The Morgan fingerprint density at radius 1 is 1.04 bits per heavy atom. The Morgan fingerprint density at radius 2 is 1.79 bits per heavy atom. The molecule has 5 nitrogen and oxygen atoms in total. The molecular weight excluding hydrogens is 304 g/mol. The molecule has 1 aliphatic rings. The number of hydrogen-bond acceptors (Lipinski definition) is 5. The number of nitrogens with zero attached hydrogens (tertiary/aromatic N) is 2. The molecule has 1 saturated heterocycles. The van der Waals surface area contributed by atoms with Gasteiger partial charge in [0.2, 0.25) is 0 Å². The van der Waals surface area contributed by atoms with E-state index in [1.807, 2.05) is 19.1 Å². The fraction of sp³-hybridized carbons (Fsp3) is 0.579. The maximum absolute atomic E-state index is 9.43. The Morgan fingerprint density at radius 3 is 2.46 bits per heavy atom. The zero-order chi connectivity index (χ0) is 16.9. The van der Waals surface area contributed by atoms with Crippen LogP contribution < -0.4 is 0 Å². The van der Waals surface area contributed by atoms with Crippen molar-refractivity contribution in [1.82, 2.24) is 9.80 Å². The van der Waals surface area contributed by atoms with Crippen LogP contribution in [-0.4, -0.2) is 47.2 Å². The van der Waals surface area contributed by atoms with Crippen molar-refractivity contribution in [1.29, 1.82) is 0 Å². The van der Waals surface area contributed by atoms with Crippen molar-refractivity contribution in [3.63, 3.8) is 0 Å². The summed E-state index contributed by atoms with van der Waals surface area (Å²) in [5.74, 6) is 4.03. The lowest BCUT2D eigenvalue weighted by atomic mass is 10.1. The fourth-order valence-electron chi connectivity index (χ4n) is 3.42. The predicted octanol–water partition coefficient (Wildman–Crippen LogP) is 2.81. The van der Waals surface area contributed by atoms with E-state index in [-0.39, 0.29) is 6.61 Å². The Labute approximate surface area is 143 Å². The molecule has 3 heterocycles. The molecule has 3 rings (SSSR count). The van der Waals surface area contributed by atoms with Crippen molar-refractivity contribution < 1.29 is 13.9 Å². The molecule has 1 fully saturated rings. The molecule has 0 aliphatic carbocycles. The third kappa shape index (κ3) is 4.29. The Bertz CT molecular complexity index is 634. The second-order valence-electron chi connectivity index (χ2n) is 6.61. The Kier molecular flexibility index (Phi) is 5.76. The normalized spacial score (nSPS) is 19.9. The first-order valence-corrected chi connectivity index (χ1v) is 8.88. The maximum atomic E-state index is 9.43. The molecule has 0 radical (unpaired) electrons. The van der Waals surface area contributed by atoms with E-state index in [4.69, 9.17) is 8.83 Å². The average Bonchev–Trinajstić information content (AvgIpc) is 3.19. The maximum Gasteiger partial charge on any atom is 0.118 e. The minimum atomic E-state index is 0.215. The van der Waals surface area contributed by atoms with Gasteiger partial charge in [-0.2, -0.15) is 0 Å². The highest BCUT2D eigenvalue weighted by atomic mass is 16.3. The minimum absolute atomic E-state index is 0.215. The number of hydrogen-bond donors (Lipinski definition) is 1. The van der Waals surface area contributed by atoms with Gasteiger partial charge in [-0.05, 0) is 37.6 Å². The second kappa shape index (κ2) is 8.01. The summed E-state index contributed by atoms with van der Waals surface area (Å²) in [6.45, 7) is 8.88. The summed E-state index contributed by atoms with van der Waals surface area (Å²) in [5.41, 5.74) is 0. The molecule has 0 amide bonds. The van der Waals surface area contributed by atoms with Crippen LogP contribution >= 0.6 is 0 Å². The first-order chi connectivity index (χ1) is 11.7. The zero-order valence-corrected chi connectivity index (χ0v) is 14.7. The van der Waals surface area contributed by atoms with Crippen LogP contribution in [0, 0.1) is 6.92 Å².